The Morgan fingerprint density at radius 2 is 1.60 bits per heavy atom. The van der Waals surface area contributed by atoms with E-state index >= 15 is 0 Å². The fourth-order valence-corrected chi connectivity index (χ4v) is 3.17. The second-order valence-electron chi connectivity index (χ2n) is 4.39. The van der Waals surface area contributed by atoms with Crippen LogP contribution in [-0.2, 0) is 0 Å². The maximum absolute atomic E-state index is 5.71. The summed E-state index contributed by atoms with van der Waals surface area (Å²) in [5.74, 6) is 0. The number of rotatable bonds is 3. The van der Waals surface area contributed by atoms with E-state index in [4.69, 9.17) is 10.7 Å². The van der Waals surface area contributed by atoms with Crippen LogP contribution in [0.1, 0.15) is 0 Å². The number of aromatic nitrogens is 1. The third kappa shape index (κ3) is 2.71. The van der Waals surface area contributed by atoms with E-state index in [1.165, 1.54) is 4.90 Å². The molecule has 3 aromatic rings. The van der Waals surface area contributed by atoms with Gasteiger partial charge in [-0.3, -0.25) is 0 Å². The summed E-state index contributed by atoms with van der Waals surface area (Å²) in [5.41, 5.74) is 9.77. The number of nitrogen functional groups attached to an aromatic ring is 1. The highest BCUT2D eigenvalue weighted by molar-refractivity contribution is 7.98. The number of thiazole rings is 1. The van der Waals surface area contributed by atoms with Gasteiger partial charge in [-0.25, -0.2) is 4.98 Å². The molecule has 0 aliphatic rings. The quantitative estimate of drug-likeness (QED) is 0.558. The Hall–Kier alpha value is -1.78. The highest BCUT2D eigenvalue weighted by Crippen LogP contribution is 2.30. The first kappa shape index (κ1) is 13.2. The molecule has 0 radical (unpaired) electrons. The minimum atomic E-state index is 0.776. The molecular formula is C16H14N2S2. The van der Waals surface area contributed by atoms with Crippen molar-refractivity contribution < 1.29 is 0 Å². The Morgan fingerprint density at radius 3 is 2.25 bits per heavy atom. The van der Waals surface area contributed by atoms with Crippen LogP contribution >= 0.6 is 23.1 Å². The van der Waals surface area contributed by atoms with Crippen LogP contribution in [0.4, 0.5) is 5.69 Å². The first-order valence-corrected chi connectivity index (χ1v) is 8.32. The van der Waals surface area contributed by atoms with E-state index in [1.807, 2.05) is 24.3 Å². The van der Waals surface area contributed by atoms with Crippen LogP contribution in [0.2, 0.25) is 0 Å². The Balaban J connectivity index is 1.91. The zero-order chi connectivity index (χ0) is 13.9. The van der Waals surface area contributed by atoms with Crippen molar-refractivity contribution in [2.24, 2.45) is 0 Å². The smallest absolute Gasteiger partial charge is 0.124 e. The lowest BCUT2D eigenvalue weighted by Gasteiger charge is -1.99. The molecule has 0 saturated heterocycles. The molecule has 2 nitrogen and oxygen atoms in total. The molecule has 2 N–H and O–H groups in total. The summed E-state index contributed by atoms with van der Waals surface area (Å²) in [7, 11) is 0. The summed E-state index contributed by atoms with van der Waals surface area (Å²) in [4.78, 5) is 5.97. The molecule has 0 unspecified atom stereocenters. The van der Waals surface area contributed by atoms with Gasteiger partial charge >= 0.3 is 0 Å². The van der Waals surface area contributed by atoms with E-state index in [2.05, 4.69) is 35.9 Å². The van der Waals surface area contributed by atoms with Crippen molar-refractivity contribution in [3.63, 3.8) is 0 Å². The second kappa shape index (κ2) is 5.69. The van der Waals surface area contributed by atoms with E-state index < -0.39 is 0 Å². The molecule has 0 fully saturated rings. The summed E-state index contributed by atoms with van der Waals surface area (Å²) in [6.07, 6.45) is 2.08. The van der Waals surface area contributed by atoms with E-state index in [1.54, 1.807) is 23.1 Å². The summed E-state index contributed by atoms with van der Waals surface area (Å²) >= 11 is 3.40. The van der Waals surface area contributed by atoms with Gasteiger partial charge in [-0.1, -0.05) is 12.1 Å². The molecule has 0 spiro atoms. The predicted molar refractivity (Wildman–Crippen MR) is 89.2 cm³/mol. The van der Waals surface area contributed by atoms with Gasteiger partial charge in [-0.05, 0) is 42.7 Å². The fraction of sp³-hybridized carbons (Fsp3) is 0.0625. The van der Waals surface area contributed by atoms with E-state index in [-0.39, 0.29) is 0 Å². The molecule has 100 valence electrons. The van der Waals surface area contributed by atoms with Crippen molar-refractivity contribution in [3.8, 4) is 21.8 Å². The van der Waals surface area contributed by atoms with Gasteiger partial charge in [0.15, 0.2) is 0 Å². The standard InChI is InChI=1S/C16H14N2S2/c1-19-14-8-4-11(5-9-14)15-10-20-16(18-15)12-2-6-13(17)7-3-12/h2-10H,17H2,1H3. The van der Waals surface area contributed by atoms with Crippen LogP contribution in [0.15, 0.2) is 58.8 Å². The molecule has 1 heterocycles. The minimum absolute atomic E-state index is 0.776. The third-order valence-electron chi connectivity index (χ3n) is 3.05. The molecule has 2 aromatic carbocycles. The Morgan fingerprint density at radius 1 is 0.950 bits per heavy atom. The topological polar surface area (TPSA) is 38.9 Å². The number of thioether (sulfide) groups is 1. The highest BCUT2D eigenvalue weighted by atomic mass is 32.2. The van der Waals surface area contributed by atoms with Crippen molar-refractivity contribution in [1.29, 1.82) is 0 Å². The lowest BCUT2D eigenvalue weighted by molar-refractivity contribution is 1.38. The minimum Gasteiger partial charge on any atom is -0.399 e. The average Bonchev–Trinajstić information content (AvgIpc) is 2.98. The number of nitrogens with zero attached hydrogens (tertiary/aromatic N) is 1. The summed E-state index contributed by atoms with van der Waals surface area (Å²) in [5, 5.41) is 3.12. The molecular weight excluding hydrogens is 284 g/mol. The van der Waals surface area contributed by atoms with Gasteiger partial charge in [0.05, 0.1) is 5.69 Å². The number of anilines is 1. The van der Waals surface area contributed by atoms with Crippen LogP contribution in [-0.4, -0.2) is 11.2 Å². The molecule has 0 saturated carbocycles. The monoisotopic (exact) mass is 298 g/mol. The Labute approximate surface area is 126 Å². The Bertz CT molecular complexity index is 700. The molecule has 20 heavy (non-hydrogen) atoms. The maximum atomic E-state index is 5.71. The van der Waals surface area contributed by atoms with Crippen molar-refractivity contribution in [2.75, 3.05) is 12.0 Å². The highest BCUT2D eigenvalue weighted by Gasteiger charge is 2.06. The summed E-state index contributed by atoms with van der Waals surface area (Å²) in [6, 6.07) is 16.3. The van der Waals surface area contributed by atoms with Crippen LogP contribution in [0, 0.1) is 0 Å². The zero-order valence-electron chi connectivity index (χ0n) is 11.0. The fourth-order valence-electron chi connectivity index (χ4n) is 1.93. The number of benzene rings is 2. The van der Waals surface area contributed by atoms with E-state index in [0.717, 1.165) is 27.5 Å². The van der Waals surface area contributed by atoms with Gasteiger partial charge in [0.2, 0.25) is 0 Å². The molecule has 0 aliphatic carbocycles. The zero-order valence-corrected chi connectivity index (χ0v) is 12.7. The van der Waals surface area contributed by atoms with Gasteiger partial charge in [0.1, 0.15) is 5.01 Å². The lowest BCUT2D eigenvalue weighted by atomic mass is 10.2. The summed E-state index contributed by atoms with van der Waals surface area (Å²) in [6.45, 7) is 0. The van der Waals surface area contributed by atoms with Crippen molar-refractivity contribution in [2.45, 2.75) is 4.90 Å². The third-order valence-corrected chi connectivity index (χ3v) is 4.68. The first-order chi connectivity index (χ1) is 9.76. The molecule has 4 heteroatoms. The van der Waals surface area contributed by atoms with E-state index in [0.29, 0.717) is 0 Å². The van der Waals surface area contributed by atoms with Crippen molar-refractivity contribution in [3.05, 3.63) is 53.9 Å². The molecule has 0 bridgehead atoms. The second-order valence-corrected chi connectivity index (χ2v) is 6.13. The average molecular weight is 298 g/mol. The van der Waals surface area contributed by atoms with Gasteiger partial charge in [-0.2, -0.15) is 0 Å². The van der Waals surface area contributed by atoms with Gasteiger partial charge in [-0.15, -0.1) is 23.1 Å². The first-order valence-electron chi connectivity index (χ1n) is 6.22. The Kier molecular flexibility index (Phi) is 3.76. The SMILES string of the molecule is CSc1ccc(-c2csc(-c3ccc(N)cc3)n2)cc1. The van der Waals surface area contributed by atoms with Gasteiger partial charge < -0.3 is 5.73 Å². The molecule has 0 aliphatic heterocycles. The maximum Gasteiger partial charge on any atom is 0.124 e. The van der Waals surface area contributed by atoms with Crippen LogP contribution < -0.4 is 5.73 Å². The molecule has 1 aromatic heterocycles. The van der Waals surface area contributed by atoms with E-state index in [9.17, 15) is 0 Å². The summed E-state index contributed by atoms with van der Waals surface area (Å²) < 4.78 is 0. The molecule has 0 amide bonds. The van der Waals surface area contributed by atoms with Gasteiger partial charge in [0.25, 0.3) is 0 Å². The number of nitrogens with two attached hydrogens (primary N) is 1. The lowest BCUT2D eigenvalue weighted by Crippen LogP contribution is -1.84. The predicted octanol–water partition coefficient (Wildman–Crippen LogP) is 4.78. The number of hydrogen-bond donors (Lipinski definition) is 1. The number of hydrogen-bond acceptors (Lipinski definition) is 4. The molecule has 0 atom stereocenters. The van der Waals surface area contributed by atoms with Crippen LogP contribution in [0.3, 0.4) is 0 Å². The van der Waals surface area contributed by atoms with Gasteiger partial charge in [0, 0.05) is 27.1 Å². The van der Waals surface area contributed by atoms with Crippen LogP contribution in [0.5, 0.6) is 0 Å². The molecule has 3 rings (SSSR count). The van der Waals surface area contributed by atoms with Crippen molar-refractivity contribution >= 4 is 28.8 Å². The largest absolute Gasteiger partial charge is 0.399 e. The van der Waals surface area contributed by atoms with Crippen molar-refractivity contribution in [1.82, 2.24) is 4.98 Å². The normalized spacial score (nSPS) is 10.7. The van der Waals surface area contributed by atoms with Crippen LogP contribution in [0.25, 0.3) is 21.8 Å².